The van der Waals surface area contributed by atoms with Gasteiger partial charge in [-0.2, -0.15) is 0 Å². The van der Waals surface area contributed by atoms with Crippen LogP contribution in [0.4, 0.5) is 0 Å². The predicted molar refractivity (Wildman–Crippen MR) is 78.3 cm³/mol. The van der Waals surface area contributed by atoms with E-state index in [1.54, 1.807) is 14.2 Å². The first-order chi connectivity index (χ1) is 9.74. The van der Waals surface area contributed by atoms with Gasteiger partial charge in [-0.05, 0) is 43.3 Å². The molecular weight excluding hydrogens is 254 g/mol. The number of methoxy groups -OCH3 is 2. The first kappa shape index (κ1) is 14.3. The van der Waals surface area contributed by atoms with E-state index >= 15 is 0 Å². The van der Waals surface area contributed by atoms with Crippen molar-refractivity contribution in [1.29, 1.82) is 0 Å². The molecule has 4 heteroatoms. The maximum atomic E-state index is 5.54. The first-order valence-corrected chi connectivity index (χ1v) is 6.48. The lowest BCUT2D eigenvalue weighted by Crippen LogP contribution is -2.04. The third kappa shape index (κ3) is 3.48. The molecule has 0 amide bonds. The minimum Gasteiger partial charge on any atom is -0.494 e. The minimum atomic E-state index is 0.544. The molecule has 106 valence electrons. The summed E-state index contributed by atoms with van der Waals surface area (Å²) < 4.78 is 15.8. The lowest BCUT2D eigenvalue weighted by Gasteiger charge is -2.10. The first-order valence-electron chi connectivity index (χ1n) is 6.48. The van der Waals surface area contributed by atoms with Crippen LogP contribution in [-0.2, 0) is 4.74 Å². The van der Waals surface area contributed by atoms with Gasteiger partial charge >= 0.3 is 0 Å². The highest BCUT2D eigenvalue weighted by Crippen LogP contribution is 2.29. The molecule has 0 radical (unpaired) electrons. The predicted octanol–water partition coefficient (Wildman–Crippen LogP) is 3.09. The number of pyridine rings is 1. The van der Waals surface area contributed by atoms with Gasteiger partial charge in [-0.1, -0.05) is 0 Å². The summed E-state index contributed by atoms with van der Waals surface area (Å²) >= 11 is 0. The number of rotatable bonds is 6. The van der Waals surface area contributed by atoms with Crippen LogP contribution < -0.4 is 9.47 Å². The van der Waals surface area contributed by atoms with Crippen LogP contribution in [0.25, 0.3) is 11.3 Å². The van der Waals surface area contributed by atoms with Gasteiger partial charge in [0.15, 0.2) is 0 Å². The van der Waals surface area contributed by atoms with Crippen molar-refractivity contribution in [2.75, 3.05) is 27.4 Å². The summed E-state index contributed by atoms with van der Waals surface area (Å²) in [4.78, 5) is 4.53. The molecule has 0 spiro atoms. The zero-order chi connectivity index (χ0) is 14.4. The Balaban J connectivity index is 2.19. The average molecular weight is 273 g/mol. The quantitative estimate of drug-likeness (QED) is 0.758. The van der Waals surface area contributed by atoms with E-state index in [9.17, 15) is 0 Å². The zero-order valence-corrected chi connectivity index (χ0v) is 12.1. The number of ether oxygens (including phenoxy) is 3. The fourth-order valence-electron chi connectivity index (χ4n) is 1.87. The second-order valence-corrected chi connectivity index (χ2v) is 4.37. The van der Waals surface area contributed by atoms with Gasteiger partial charge in [-0.25, -0.2) is 4.98 Å². The van der Waals surface area contributed by atoms with Crippen LogP contribution in [-0.4, -0.2) is 32.4 Å². The molecule has 2 aromatic rings. The highest BCUT2D eigenvalue weighted by molar-refractivity contribution is 5.67. The molecule has 1 aromatic carbocycles. The van der Waals surface area contributed by atoms with Crippen molar-refractivity contribution in [1.82, 2.24) is 4.98 Å². The SMILES string of the molecule is COCCOc1ccc(-c2nc(C)ccc2OC)cc1. The summed E-state index contributed by atoms with van der Waals surface area (Å²) in [5, 5.41) is 0. The molecule has 0 saturated heterocycles. The molecule has 20 heavy (non-hydrogen) atoms. The molecule has 0 bridgehead atoms. The Morgan fingerprint density at radius 1 is 0.950 bits per heavy atom. The average Bonchev–Trinajstić information content (AvgIpc) is 2.48. The third-order valence-electron chi connectivity index (χ3n) is 2.90. The van der Waals surface area contributed by atoms with Crippen LogP contribution in [0.2, 0.25) is 0 Å². The highest BCUT2D eigenvalue weighted by atomic mass is 16.5. The van der Waals surface area contributed by atoms with Gasteiger partial charge in [-0.15, -0.1) is 0 Å². The third-order valence-corrected chi connectivity index (χ3v) is 2.90. The Labute approximate surface area is 119 Å². The Bertz CT molecular complexity index is 552. The molecule has 1 heterocycles. The molecule has 0 saturated carbocycles. The van der Waals surface area contributed by atoms with E-state index in [1.165, 1.54) is 0 Å². The van der Waals surface area contributed by atoms with Crippen LogP contribution >= 0.6 is 0 Å². The van der Waals surface area contributed by atoms with E-state index in [0.29, 0.717) is 13.2 Å². The van der Waals surface area contributed by atoms with Crippen molar-refractivity contribution in [3.8, 4) is 22.8 Å². The summed E-state index contributed by atoms with van der Waals surface area (Å²) in [6, 6.07) is 11.7. The van der Waals surface area contributed by atoms with E-state index in [-0.39, 0.29) is 0 Å². The molecule has 4 nitrogen and oxygen atoms in total. The largest absolute Gasteiger partial charge is 0.494 e. The number of hydrogen-bond donors (Lipinski definition) is 0. The highest BCUT2D eigenvalue weighted by Gasteiger charge is 2.08. The van der Waals surface area contributed by atoms with Gasteiger partial charge in [0.25, 0.3) is 0 Å². The molecular formula is C16H19NO3. The second-order valence-electron chi connectivity index (χ2n) is 4.37. The maximum Gasteiger partial charge on any atom is 0.145 e. The molecule has 2 rings (SSSR count). The van der Waals surface area contributed by atoms with Crippen molar-refractivity contribution in [3.63, 3.8) is 0 Å². The topological polar surface area (TPSA) is 40.6 Å². The van der Waals surface area contributed by atoms with E-state index in [4.69, 9.17) is 14.2 Å². The molecule has 0 unspecified atom stereocenters. The summed E-state index contributed by atoms with van der Waals surface area (Å²) in [6.07, 6.45) is 0. The molecule has 0 N–H and O–H groups in total. The Hall–Kier alpha value is -2.07. The number of nitrogens with zero attached hydrogens (tertiary/aromatic N) is 1. The van der Waals surface area contributed by atoms with Gasteiger partial charge in [-0.3, -0.25) is 0 Å². The van der Waals surface area contributed by atoms with Crippen molar-refractivity contribution in [2.45, 2.75) is 6.92 Å². The maximum absolute atomic E-state index is 5.54. The Kier molecular flexibility index (Phi) is 4.96. The standard InChI is InChI=1S/C16H19NO3/c1-12-4-9-15(19-3)16(17-12)13-5-7-14(8-6-13)20-11-10-18-2/h4-9H,10-11H2,1-3H3. The fourth-order valence-corrected chi connectivity index (χ4v) is 1.87. The van der Waals surface area contributed by atoms with Crippen LogP contribution in [0.3, 0.4) is 0 Å². The molecule has 0 atom stereocenters. The van der Waals surface area contributed by atoms with Gasteiger partial charge in [0.2, 0.25) is 0 Å². The number of aromatic nitrogens is 1. The molecule has 0 fully saturated rings. The van der Waals surface area contributed by atoms with Gasteiger partial charge in [0, 0.05) is 18.4 Å². The van der Waals surface area contributed by atoms with Gasteiger partial charge in [0.1, 0.15) is 23.8 Å². The molecule has 0 aliphatic rings. The second kappa shape index (κ2) is 6.91. The molecule has 0 aliphatic heterocycles. The van der Waals surface area contributed by atoms with E-state index in [1.807, 2.05) is 43.3 Å². The van der Waals surface area contributed by atoms with Gasteiger partial charge in [0.05, 0.1) is 13.7 Å². The van der Waals surface area contributed by atoms with Crippen molar-refractivity contribution in [2.24, 2.45) is 0 Å². The van der Waals surface area contributed by atoms with Crippen LogP contribution in [0.5, 0.6) is 11.5 Å². The van der Waals surface area contributed by atoms with E-state index in [0.717, 1.165) is 28.5 Å². The normalized spacial score (nSPS) is 10.3. The van der Waals surface area contributed by atoms with Crippen LogP contribution in [0, 0.1) is 6.92 Å². The van der Waals surface area contributed by atoms with E-state index in [2.05, 4.69) is 4.98 Å². The summed E-state index contributed by atoms with van der Waals surface area (Å²) in [7, 11) is 3.31. The zero-order valence-electron chi connectivity index (χ0n) is 12.1. The number of aryl methyl sites for hydroxylation is 1. The van der Waals surface area contributed by atoms with Crippen molar-refractivity contribution < 1.29 is 14.2 Å². The smallest absolute Gasteiger partial charge is 0.145 e. The lowest BCUT2D eigenvalue weighted by molar-refractivity contribution is 0.146. The van der Waals surface area contributed by atoms with Crippen molar-refractivity contribution >= 4 is 0 Å². The Morgan fingerprint density at radius 2 is 1.70 bits per heavy atom. The number of hydrogen-bond acceptors (Lipinski definition) is 4. The van der Waals surface area contributed by atoms with Gasteiger partial charge < -0.3 is 14.2 Å². The number of benzene rings is 1. The summed E-state index contributed by atoms with van der Waals surface area (Å²) in [6.45, 7) is 3.09. The lowest BCUT2D eigenvalue weighted by atomic mass is 10.1. The monoisotopic (exact) mass is 273 g/mol. The fraction of sp³-hybridized carbons (Fsp3) is 0.312. The summed E-state index contributed by atoms with van der Waals surface area (Å²) in [5.41, 5.74) is 2.81. The molecule has 0 aliphatic carbocycles. The molecule has 1 aromatic heterocycles. The van der Waals surface area contributed by atoms with Crippen LogP contribution in [0.15, 0.2) is 36.4 Å². The van der Waals surface area contributed by atoms with Crippen molar-refractivity contribution in [3.05, 3.63) is 42.1 Å². The Morgan fingerprint density at radius 3 is 2.35 bits per heavy atom. The minimum absolute atomic E-state index is 0.544. The van der Waals surface area contributed by atoms with Crippen LogP contribution in [0.1, 0.15) is 5.69 Å². The summed E-state index contributed by atoms with van der Waals surface area (Å²) in [5.74, 6) is 1.58. The van der Waals surface area contributed by atoms with E-state index < -0.39 is 0 Å².